The van der Waals surface area contributed by atoms with Crippen LogP contribution in [-0.4, -0.2) is 65.0 Å². The van der Waals surface area contributed by atoms with Gasteiger partial charge in [-0.25, -0.2) is 0 Å². The van der Waals surface area contributed by atoms with E-state index in [1.54, 1.807) is 24.1 Å². The third kappa shape index (κ3) is 8.75. The molecule has 3 aromatic rings. The Labute approximate surface area is 247 Å². The molecule has 8 nitrogen and oxygen atoms in total. The summed E-state index contributed by atoms with van der Waals surface area (Å²) in [5, 5.41) is 27.8. The van der Waals surface area contributed by atoms with Crippen molar-refractivity contribution in [1.29, 1.82) is 0 Å². The van der Waals surface area contributed by atoms with Crippen molar-refractivity contribution in [2.75, 3.05) is 19.7 Å². The maximum absolute atomic E-state index is 13.4. The first-order valence-corrected chi connectivity index (χ1v) is 14.4. The number of hydrogen-bond donors (Lipinski definition) is 4. The van der Waals surface area contributed by atoms with E-state index in [1.165, 1.54) is 5.56 Å². The monoisotopic (exact) mass is 569 g/mol. The Balaban J connectivity index is 1.35. The molecular formula is C34H39N3O5. The first kappa shape index (κ1) is 30.9. The molecule has 8 heteroatoms. The summed E-state index contributed by atoms with van der Waals surface area (Å²) in [6.45, 7) is 2.29. The van der Waals surface area contributed by atoms with Crippen molar-refractivity contribution in [3.05, 3.63) is 107 Å². The molecule has 0 aromatic heterocycles. The number of aliphatic hydroxyl groups excluding tert-OH is 2. The van der Waals surface area contributed by atoms with Crippen LogP contribution in [-0.2, 0) is 22.6 Å². The smallest absolute Gasteiger partial charge is 0.252 e. The van der Waals surface area contributed by atoms with E-state index < -0.39 is 24.2 Å². The molecule has 1 heterocycles. The molecule has 0 bridgehead atoms. The van der Waals surface area contributed by atoms with Crippen molar-refractivity contribution in [3.63, 3.8) is 0 Å². The maximum Gasteiger partial charge on any atom is 0.252 e. The lowest BCUT2D eigenvalue weighted by Gasteiger charge is -2.26. The summed E-state index contributed by atoms with van der Waals surface area (Å²) in [5.74, 6) is 5.04. The van der Waals surface area contributed by atoms with Crippen LogP contribution in [0.4, 0.5) is 0 Å². The van der Waals surface area contributed by atoms with Gasteiger partial charge in [0, 0.05) is 23.6 Å². The predicted molar refractivity (Wildman–Crippen MR) is 161 cm³/mol. The van der Waals surface area contributed by atoms with Crippen LogP contribution in [0.1, 0.15) is 46.8 Å². The highest BCUT2D eigenvalue weighted by molar-refractivity contribution is 5.94. The van der Waals surface area contributed by atoms with Crippen LogP contribution in [0.2, 0.25) is 0 Å². The molecule has 0 radical (unpaired) electrons. The molecule has 4 rings (SSSR count). The number of rotatable bonds is 12. The molecule has 1 aliphatic rings. The second-order valence-corrected chi connectivity index (χ2v) is 10.4. The Morgan fingerprint density at radius 1 is 0.952 bits per heavy atom. The van der Waals surface area contributed by atoms with Gasteiger partial charge in [0.05, 0.1) is 25.8 Å². The van der Waals surface area contributed by atoms with Crippen LogP contribution in [0.3, 0.4) is 0 Å². The predicted octanol–water partition coefficient (Wildman–Crippen LogP) is 3.08. The van der Waals surface area contributed by atoms with Crippen molar-refractivity contribution in [1.82, 2.24) is 15.7 Å². The van der Waals surface area contributed by atoms with Crippen molar-refractivity contribution in [2.24, 2.45) is 5.92 Å². The van der Waals surface area contributed by atoms with E-state index >= 15 is 0 Å². The normalized spacial score (nSPS) is 19.0. The number of nitrogens with zero attached hydrogens (tertiary/aromatic N) is 1. The number of hydroxylamine groups is 2. The van der Waals surface area contributed by atoms with E-state index in [-0.39, 0.29) is 31.5 Å². The minimum absolute atomic E-state index is 0.184. The molecule has 2 amide bonds. The van der Waals surface area contributed by atoms with Crippen LogP contribution >= 0.6 is 0 Å². The van der Waals surface area contributed by atoms with Gasteiger partial charge in [-0.1, -0.05) is 72.5 Å². The fraction of sp³-hybridized carbons (Fsp3) is 0.353. The van der Waals surface area contributed by atoms with Gasteiger partial charge in [0.2, 0.25) is 5.91 Å². The third-order valence-corrected chi connectivity index (χ3v) is 7.29. The van der Waals surface area contributed by atoms with Crippen molar-refractivity contribution in [3.8, 4) is 11.8 Å². The lowest BCUT2D eigenvalue weighted by atomic mass is 9.89. The number of benzene rings is 3. The molecule has 0 unspecified atom stereocenters. The highest BCUT2D eigenvalue weighted by atomic mass is 16.7. The fourth-order valence-electron chi connectivity index (χ4n) is 5.18. The number of nitrogens with one attached hydrogen (secondary N) is 2. The number of carbonyl (C=O) groups is 2. The number of hydrogen-bond acceptors (Lipinski definition) is 6. The van der Waals surface area contributed by atoms with Crippen LogP contribution in [0.25, 0.3) is 0 Å². The Hall–Kier alpha value is -4.00. The largest absolute Gasteiger partial charge is 0.394 e. The number of amides is 2. The first-order valence-electron chi connectivity index (χ1n) is 14.4. The molecule has 3 aromatic carbocycles. The van der Waals surface area contributed by atoms with Gasteiger partial charge in [0.1, 0.15) is 12.1 Å². The van der Waals surface area contributed by atoms with Gasteiger partial charge in [-0.2, -0.15) is 5.06 Å². The molecule has 1 saturated heterocycles. The van der Waals surface area contributed by atoms with Crippen LogP contribution in [0.15, 0.2) is 84.9 Å². The van der Waals surface area contributed by atoms with Gasteiger partial charge in [-0.05, 0) is 61.6 Å². The topological polar surface area (TPSA) is 111 Å². The summed E-state index contributed by atoms with van der Waals surface area (Å²) in [7, 11) is 0. The Kier molecular flexibility index (Phi) is 11.7. The molecule has 1 aliphatic heterocycles. The lowest BCUT2D eigenvalue weighted by molar-refractivity contribution is -0.181. The van der Waals surface area contributed by atoms with Crippen LogP contribution in [0.5, 0.6) is 0 Å². The summed E-state index contributed by atoms with van der Waals surface area (Å²) in [6, 6.07) is 26.0. The summed E-state index contributed by atoms with van der Waals surface area (Å²) in [4.78, 5) is 31.6. The SMILES string of the molecule is C[C@@H](O)[C@H]1[C@@H](CO)ON(Cc2cccc(C#CCNC(=O)c3ccccc3)c2)[C@H]1C(=O)NCCCCc1ccccc1. The van der Waals surface area contributed by atoms with Gasteiger partial charge in [0.15, 0.2) is 0 Å². The number of carbonyl (C=O) groups excluding carboxylic acids is 2. The van der Waals surface area contributed by atoms with Gasteiger partial charge < -0.3 is 20.8 Å². The van der Waals surface area contributed by atoms with E-state index in [9.17, 15) is 19.8 Å². The zero-order chi connectivity index (χ0) is 29.7. The fourth-order valence-corrected chi connectivity index (χ4v) is 5.18. The second kappa shape index (κ2) is 15.9. The van der Waals surface area contributed by atoms with Gasteiger partial charge >= 0.3 is 0 Å². The summed E-state index contributed by atoms with van der Waals surface area (Å²) >= 11 is 0. The zero-order valence-electron chi connectivity index (χ0n) is 23.9. The molecule has 42 heavy (non-hydrogen) atoms. The van der Waals surface area contributed by atoms with E-state index in [0.29, 0.717) is 12.1 Å². The van der Waals surface area contributed by atoms with Crippen molar-refractivity contribution < 1.29 is 24.6 Å². The van der Waals surface area contributed by atoms with Crippen molar-refractivity contribution in [2.45, 2.75) is 51.0 Å². The molecular weight excluding hydrogens is 530 g/mol. The third-order valence-electron chi connectivity index (χ3n) is 7.29. The van der Waals surface area contributed by atoms with Gasteiger partial charge in [-0.3, -0.25) is 14.4 Å². The van der Waals surface area contributed by atoms with Crippen LogP contribution < -0.4 is 10.6 Å². The molecule has 0 aliphatic carbocycles. The zero-order valence-corrected chi connectivity index (χ0v) is 23.9. The second-order valence-electron chi connectivity index (χ2n) is 10.4. The van der Waals surface area contributed by atoms with E-state index in [0.717, 1.165) is 30.4 Å². The molecule has 220 valence electrons. The number of aliphatic hydroxyl groups is 2. The minimum Gasteiger partial charge on any atom is -0.394 e. The molecule has 4 N–H and O–H groups in total. The first-order chi connectivity index (χ1) is 20.5. The Morgan fingerprint density at radius 3 is 2.38 bits per heavy atom. The average molecular weight is 570 g/mol. The Bertz CT molecular complexity index is 1350. The van der Waals surface area contributed by atoms with E-state index in [1.807, 2.05) is 60.7 Å². The Morgan fingerprint density at radius 2 is 1.67 bits per heavy atom. The highest BCUT2D eigenvalue weighted by Gasteiger charge is 2.49. The molecule has 4 atom stereocenters. The number of aryl methyl sites for hydroxylation is 1. The molecule has 0 spiro atoms. The molecule has 0 saturated carbocycles. The van der Waals surface area contributed by atoms with E-state index in [2.05, 4.69) is 34.6 Å². The van der Waals surface area contributed by atoms with Crippen LogP contribution in [0, 0.1) is 17.8 Å². The quantitative estimate of drug-likeness (QED) is 0.197. The van der Waals surface area contributed by atoms with E-state index in [4.69, 9.17) is 4.84 Å². The summed E-state index contributed by atoms with van der Waals surface area (Å²) < 4.78 is 0. The average Bonchev–Trinajstić information content (AvgIpc) is 3.38. The lowest BCUT2D eigenvalue weighted by Crippen LogP contribution is -2.49. The van der Waals surface area contributed by atoms with Crippen molar-refractivity contribution >= 4 is 11.8 Å². The molecule has 1 fully saturated rings. The minimum atomic E-state index is -0.857. The van der Waals surface area contributed by atoms with Gasteiger partial charge in [0.25, 0.3) is 5.91 Å². The summed E-state index contributed by atoms with van der Waals surface area (Å²) in [5.41, 5.74) is 3.46. The standard InChI is InChI=1S/C34H39N3O5/c1-25(39)31-30(24-38)42-37(32(31)34(41)36-20-9-8-14-26-12-4-2-5-13-26)23-28-16-10-15-27(22-28)17-11-21-35-33(40)29-18-6-3-7-19-29/h2-7,10,12-13,15-16,18-19,22,25,30-32,38-39H,8-9,14,20-21,23-24H2,1H3,(H,35,40)(H,36,41)/t25-,30-,31+,32-/m1/s1. The maximum atomic E-state index is 13.4. The summed E-state index contributed by atoms with van der Waals surface area (Å²) in [6.07, 6.45) is 1.15. The highest BCUT2D eigenvalue weighted by Crippen LogP contribution is 2.32. The van der Waals surface area contributed by atoms with Gasteiger partial charge in [-0.15, -0.1) is 0 Å². The number of unbranched alkanes of at least 4 members (excludes halogenated alkanes) is 1.